The Labute approximate surface area is 485 Å². The van der Waals surface area contributed by atoms with Gasteiger partial charge in [0.2, 0.25) is 5.79 Å². The molecule has 0 aromatic heterocycles. The van der Waals surface area contributed by atoms with Crippen LogP contribution in [0.5, 0.6) is 0 Å². The number of aliphatic carboxylic acids is 2. The van der Waals surface area contributed by atoms with Crippen molar-refractivity contribution in [3.05, 3.63) is 23.8 Å². The predicted octanol–water partition coefficient (Wildman–Crippen LogP) is 2.08. The first-order valence-electron chi connectivity index (χ1n) is 28.2. The molecule has 4 heterocycles. The van der Waals surface area contributed by atoms with Crippen LogP contribution in [0.15, 0.2) is 23.8 Å². The summed E-state index contributed by atoms with van der Waals surface area (Å²) in [5.74, 6) is -10.7. The molecule has 3 fully saturated rings. The molecule has 83 heavy (non-hydrogen) atoms. The van der Waals surface area contributed by atoms with Crippen molar-refractivity contribution in [2.45, 2.75) is 225 Å². The molecular formula is C57H93NO25. The fourth-order valence-corrected chi connectivity index (χ4v) is 10.9. The molecular weight excluding hydrogens is 1100 g/mol. The standard InChI is InChI=1S/C53H87NO19.C4H6O6/c1-16-38-36(26-65-52-49(64-15)48(63-14)44(60)32(8)66-52)22-28(4)17-18-37(57)29(5)23-35(19-20-55)46(31(7)39(68-34(10)56)25-41(59)69-38)72-51-45(61)43(54(12)13)47(33(9)67-51)71-42-24-30(6)50(53(11,62)73-42)70-40(58)21-27(2)3;5-1(3(7)8)2(6)4(9)10/h17-18,20,22,27,29-33,35-36,38-39,42-52,60-62H,16,19,21,23-26H2,1-15H3;1-2,5-6H,(H,7,8)(H,9,10)/b18-17-,28-22-;/t29-,30-,31+,32-,33-,35+,36-,38-,39-,42+,43-,44-,45-,46-,47-,48-,49-,50+,51+,52-,53-;1-,2-/m11/s1. The van der Waals surface area contributed by atoms with Gasteiger partial charge in [-0.2, -0.15) is 0 Å². The molecule has 0 aromatic rings. The van der Waals surface area contributed by atoms with Gasteiger partial charge in [0.1, 0.15) is 49.0 Å². The molecule has 0 radical (unpaired) electrons. The summed E-state index contributed by atoms with van der Waals surface area (Å²) in [4.78, 5) is 87.4. The Morgan fingerprint density at radius 3 is 1.96 bits per heavy atom. The maximum atomic E-state index is 14.2. The van der Waals surface area contributed by atoms with E-state index in [1.165, 1.54) is 34.1 Å². The molecule has 3 saturated heterocycles. The third-order valence-corrected chi connectivity index (χ3v) is 15.3. The van der Waals surface area contributed by atoms with Crippen molar-refractivity contribution in [2.75, 3.05) is 34.9 Å². The monoisotopic (exact) mass is 1190 g/mol. The number of methoxy groups -OCH3 is 2. The van der Waals surface area contributed by atoms with E-state index >= 15 is 0 Å². The maximum absolute atomic E-state index is 14.2. The van der Waals surface area contributed by atoms with E-state index in [1.54, 1.807) is 59.7 Å². The van der Waals surface area contributed by atoms with Crippen LogP contribution in [0.25, 0.3) is 0 Å². The smallest absolute Gasteiger partial charge is 0.335 e. The van der Waals surface area contributed by atoms with E-state index in [1.807, 2.05) is 33.8 Å². The highest BCUT2D eigenvalue weighted by molar-refractivity contribution is 5.91. The maximum Gasteiger partial charge on any atom is 0.335 e. The van der Waals surface area contributed by atoms with Crippen molar-refractivity contribution in [1.29, 1.82) is 0 Å². The topological polar surface area (TPSA) is 366 Å². The quantitative estimate of drug-likeness (QED) is 0.0521. The highest BCUT2D eigenvalue weighted by Crippen LogP contribution is 2.40. The minimum absolute atomic E-state index is 0.0378. The number of carboxylic acid groups (broad SMARTS) is 2. The summed E-state index contributed by atoms with van der Waals surface area (Å²) < 4.78 is 67.1. The van der Waals surface area contributed by atoms with Crippen molar-refractivity contribution < 1.29 is 121 Å². The first kappa shape index (κ1) is 72.9. The van der Waals surface area contributed by atoms with Crippen molar-refractivity contribution in [2.24, 2.45) is 35.5 Å². The van der Waals surface area contributed by atoms with Crippen LogP contribution in [0.4, 0.5) is 0 Å². The second kappa shape index (κ2) is 33.5. The summed E-state index contributed by atoms with van der Waals surface area (Å²) in [6.45, 7) is 18.7. The van der Waals surface area contributed by atoms with Crippen LogP contribution < -0.4 is 0 Å². The van der Waals surface area contributed by atoms with Gasteiger partial charge in [-0.3, -0.25) is 19.2 Å². The molecule has 0 aromatic carbocycles. The fourth-order valence-electron chi connectivity index (χ4n) is 10.9. The minimum atomic E-state index is -2.27. The van der Waals surface area contributed by atoms with Gasteiger partial charge in [0.15, 0.2) is 43.0 Å². The van der Waals surface area contributed by atoms with Crippen LogP contribution in [-0.2, 0) is 85.7 Å². The lowest BCUT2D eigenvalue weighted by molar-refractivity contribution is -0.378. The SMILES string of the molecule is CC[C@H]1OC(=O)C[C@@H](OC(C)=O)[C@H](C)[C@@H](O[C@@H]2O[C@H](C)[C@@H](O[C@@H]3C[C@@H](C)[C@H](OC(=O)CC(C)C)[C@](C)(O)O3)[C@H](N(C)C)[C@H]2O)[C@@H](CC=O)C[C@@H](C)C(=O)/C=C\C(C)=C/[C@@H]1CO[C@@H]1O[C@H](C)[C@@H](O)[C@@H](OC)[C@H]1OC.O=C(O)[C@H](O)[C@@H](O)C(=O)O. The average Bonchev–Trinajstić information content (AvgIpc) is 3.61. The number of hydrogen-bond donors (Lipinski definition) is 7. The summed E-state index contributed by atoms with van der Waals surface area (Å²) in [7, 11) is 6.41. The number of aliphatic hydroxyl groups excluding tert-OH is 4. The van der Waals surface area contributed by atoms with Crippen LogP contribution in [0, 0.1) is 35.5 Å². The molecule has 7 N–H and O–H groups in total. The van der Waals surface area contributed by atoms with Crippen LogP contribution in [0.2, 0.25) is 0 Å². The summed E-state index contributed by atoms with van der Waals surface area (Å²) in [6.07, 6.45) is -12.1. The zero-order chi connectivity index (χ0) is 63.0. The third-order valence-electron chi connectivity index (χ3n) is 15.3. The number of carbonyl (C=O) groups is 7. The first-order valence-corrected chi connectivity index (χ1v) is 28.2. The van der Waals surface area contributed by atoms with Crippen LogP contribution in [-0.4, -0.2) is 228 Å². The molecule has 0 unspecified atom stereocenters. The second-order valence-electron chi connectivity index (χ2n) is 22.9. The van der Waals surface area contributed by atoms with Crippen molar-refractivity contribution in [1.82, 2.24) is 4.90 Å². The summed E-state index contributed by atoms with van der Waals surface area (Å²) in [5, 5.41) is 66.9. The predicted molar refractivity (Wildman–Crippen MR) is 290 cm³/mol. The van der Waals surface area contributed by atoms with Gasteiger partial charge in [-0.05, 0) is 72.5 Å². The van der Waals surface area contributed by atoms with E-state index in [4.69, 9.17) is 72.5 Å². The Kier molecular flexibility index (Phi) is 29.4. The number of nitrogens with zero attached hydrogens (tertiary/aromatic N) is 1. The van der Waals surface area contributed by atoms with Gasteiger partial charge in [-0.1, -0.05) is 59.3 Å². The molecule has 0 aliphatic carbocycles. The lowest BCUT2D eigenvalue weighted by atomic mass is 9.79. The van der Waals surface area contributed by atoms with Crippen molar-refractivity contribution >= 4 is 41.9 Å². The lowest BCUT2D eigenvalue weighted by Gasteiger charge is -2.50. The van der Waals surface area contributed by atoms with Crippen LogP contribution >= 0.6 is 0 Å². The number of ether oxygens (including phenoxy) is 11. The van der Waals surface area contributed by atoms with E-state index in [0.29, 0.717) is 18.3 Å². The molecule has 0 amide bonds. The van der Waals surface area contributed by atoms with E-state index in [9.17, 15) is 48.9 Å². The van der Waals surface area contributed by atoms with E-state index in [0.717, 1.165) is 0 Å². The van der Waals surface area contributed by atoms with Gasteiger partial charge < -0.3 is 97.5 Å². The van der Waals surface area contributed by atoms with E-state index < -0.39 is 170 Å². The van der Waals surface area contributed by atoms with Gasteiger partial charge in [0, 0.05) is 64.1 Å². The zero-order valence-electron chi connectivity index (χ0n) is 50.5. The number of carbonyl (C=O) groups excluding carboxylic acids is 5. The fraction of sp³-hybridized carbons (Fsp3) is 0.807. The van der Waals surface area contributed by atoms with Crippen molar-refractivity contribution in [3.63, 3.8) is 0 Å². The molecule has 476 valence electrons. The number of likely N-dealkylation sites (N-methyl/N-ethyl adjacent to an activating group) is 1. The van der Waals surface area contributed by atoms with Gasteiger partial charge in [-0.25, -0.2) is 9.59 Å². The van der Waals surface area contributed by atoms with Crippen LogP contribution in [0.3, 0.4) is 0 Å². The Balaban J connectivity index is 0.00000164. The molecule has 4 aliphatic heterocycles. The van der Waals surface area contributed by atoms with Crippen LogP contribution in [0.1, 0.15) is 115 Å². The Morgan fingerprint density at radius 1 is 0.843 bits per heavy atom. The van der Waals surface area contributed by atoms with Gasteiger partial charge >= 0.3 is 29.8 Å². The minimum Gasteiger partial charge on any atom is -0.479 e. The average molecular weight is 1190 g/mol. The molecule has 0 spiro atoms. The summed E-state index contributed by atoms with van der Waals surface area (Å²) in [5.41, 5.74) is 0.663. The summed E-state index contributed by atoms with van der Waals surface area (Å²) >= 11 is 0. The molecule has 26 heteroatoms. The van der Waals surface area contributed by atoms with Crippen molar-refractivity contribution in [3.8, 4) is 0 Å². The number of ketones is 1. The molecule has 23 atom stereocenters. The van der Waals surface area contributed by atoms with E-state index in [2.05, 4.69) is 0 Å². The Morgan fingerprint density at radius 2 is 1.45 bits per heavy atom. The molecule has 4 rings (SSSR count). The van der Waals surface area contributed by atoms with Gasteiger partial charge in [0.05, 0.1) is 37.4 Å². The van der Waals surface area contributed by atoms with Gasteiger partial charge in [0.25, 0.3) is 0 Å². The number of aldehydes is 1. The second-order valence-corrected chi connectivity index (χ2v) is 22.9. The third kappa shape index (κ3) is 20.9. The largest absolute Gasteiger partial charge is 0.479 e. The normalized spacial score (nSPS) is 38.5. The molecule has 0 bridgehead atoms. The molecule has 0 saturated carbocycles. The highest BCUT2D eigenvalue weighted by Gasteiger charge is 2.53. The first-order chi connectivity index (χ1) is 38.7. The number of esters is 3. The summed E-state index contributed by atoms with van der Waals surface area (Å²) in [6, 6.07) is -0.809. The Hall–Kier alpha value is -4.39. The number of cyclic esters (lactones) is 1. The number of allylic oxidation sites excluding steroid dienone is 3. The molecule has 4 aliphatic rings. The Bertz CT molecular complexity index is 2150. The number of carboxylic acids is 2. The van der Waals surface area contributed by atoms with Gasteiger partial charge in [-0.15, -0.1) is 0 Å². The number of aliphatic hydroxyl groups is 5. The lowest BCUT2D eigenvalue weighted by Crippen LogP contribution is -2.65. The van der Waals surface area contributed by atoms with E-state index in [-0.39, 0.29) is 49.9 Å². The number of hydrogen-bond acceptors (Lipinski definition) is 24. The zero-order valence-corrected chi connectivity index (χ0v) is 50.5. The molecule has 26 nitrogen and oxygen atoms in total. The number of rotatable bonds is 20. The highest BCUT2D eigenvalue weighted by atomic mass is 16.8.